The number of fused-ring (bicyclic) bond motifs is 1. The summed E-state index contributed by atoms with van der Waals surface area (Å²) in [6.45, 7) is 6.07. The number of amides is 1. The number of thioether (sulfide) groups is 1. The van der Waals surface area contributed by atoms with E-state index in [0.717, 1.165) is 55.7 Å². The van der Waals surface area contributed by atoms with Crippen molar-refractivity contribution in [1.29, 1.82) is 0 Å². The molecule has 1 saturated carbocycles. The number of aromatic nitrogens is 4. The Labute approximate surface area is 248 Å². The molecule has 1 atom stereocenters. The van der Waals surface area contributed by atoms with Crippen molar-refractivity contribution in [3.05, 3.63) is 34.6 Å². The molecular weight excluding hydrogens is 589 g/mol. The van der Waals surface area contributed by atoms with E-state index in [1.54, 1.807) is 17.2 Å². The first kappa shape index (κ1) is 27.8. The lowest BCUT2D eigenvalue weighted by molar-refractivity contribution is -0.137. The van der Waals surface area contributed by atoms with E-state index < -0.39 is 11.7 Å². The standard InChI is InChI=1S/C27H29F3N8O2S2/c1-14-11-37(5-4-31-14)26-33-10-18(21(36-26)15-2-3-15)34-25-32-9-17(27(28,29)30)22(35-25)19-8-20-23(42-19)24(39)38(6-7-41-20)16-12-40-13-16/h8-10,14-16,31H,2-7,11-13H2,1H3,(H,32,34,35). The molecule has 0 bridgehead atoms. The number of rotatable bonds is 6. The molecule has 1 amide bonds. The molecule has 10 nitrogen and oxygen atoms in total. The summed E-state index contributed by atoms with van der Waals surface area (Å²) >= 11 is 2.51. The molecule has 2 saturated heterocycles. The van der Waals surface area contributed by atoms with Crippen molar-refractivity contribution in [1.82, 2.24) is 30.2 Å². The lowest BCUT2D eigenvalue weighted by Gasteiger charge is -2.36. The summed E-state index contributed by atoms with van der Waals surface area (Å²) in [5.74, 6) is 1.40. The third-order valence-electron chi connectivity index (χ3n) is 7.80. The highest BCUT2D eigenvalue weighted by Crippen LogP contribution is 2.45. The van der Waals surface area contributed by atoms with E-state index in [1.165, 1.54) is 11.8 Å². The maximum atomic E-state index is 14.1. The van der Waals surface area contributed by atoms with Crippen LogP contribution >= 0.6 is 23.1 Å². The molecule has 1 aliphatic carbocycles. The van der Waals surface area contributed by atoms with Gasteiger partial charge >= 0.3 is 6.18 Å². The molecule has 7 rings (SSSR count). The highest BCUT2D eigenvalue weighted by molar-refractivity contribution is 7.99. The predicted molar refractivity (Wildman–Crippen MR) is 154 cm³/mol. The summed E-state index contributed by atoms with van der Waals surface area (Å²) in [6.07, 6.45) is -0.231. The molecular formula is C27H29F3N8O2S2. The van der Waals surface area contributed by atoms with Gasteiger partial charge in [0.2, 0.25) is 11.9 Å². The highest BCUT2D eigenvalue weighted by Gasteiger charge is 2.38. The van der Waals surface area contributed by atoms with Crippen LogP contribution in [0.3, 0.4) is 0 Å². The molecule has 6 heterocycles. The van der Waals surface area contributed by atoms with Crippen molar-refractivity contribution < 1.29 is 22.7 Å². The van der Waals surface area contributed by atoms with Gasteiger partial charge in [-0.05, 0) is 25.8 Å². The van der Waals surface area contributed by atoms with Crippen molar-refractivity contribution in [2.45, 2.75) is 48.8 Å². The van der Waals surface area contributed by atoms with E-state index in [2.05, 4.69) is 37.4 Å². The first-order chi connectivity index (χ1) is 20.2. The Bertz CT molecular complexity index is 1510. The molecule has 3 aliphatic heterocycles. The van der Waals surface area contributed by atoms with E-state index >= 15 is 0 Å². The Balaban J connectivity index is 1.21. The highest BCUT2D eigenvalue weighted by atomic mass is 32.2. The van der Waals surface area contributed by atoms with Crippen LogP contribution in [0.1, 0.15) is 46.6 Å². The number of thiophene rings is 1. The van der Waals surface area contributed by atoms with Gasteiger partial charge in [0.05, 0.1) is 47.4 Å². The molecule has 222 valence electrons. The van der Waals surface area contributed by atoms with E-state index in [1.807, 2.05) is 0 Å². The Kier molecular flexibility index (Phi) is 7.23. The number of hydrogen-bond acceptors (Lipinski definition) is 11. The summed E-state index contributed by atoms with van der Waals surface area (Å²) in [5.41, 5.74) is 0.195. The molecule has 3 aromatic rings. The molecule has 1 unspecified atom stereocenters. The quantitative estimate of drug-likeness (QED) is 0.413. The molecule has 15 heteroatoms. The van der Waals surface area contributed by atoms with Crippen molar-refractivity contribution in [2.24, 2.45) is 0 Å². The molecule has 42 heavy (non-hydrogen) atoms. The maximum absolute atomic E-state index is 14.1. The Morgan fingerprint density at radius 1 is 1.14 bits per heavy atom. The van der Waals surface area contributed by atoms with Gasteiger partial charge in [0.15, 0.2) is 0 Å². The topological polar surface area (TPSA) is 108 Å². The fraction of sp³-hybridized carbons (Fsp3) is 0.519. The van der Waals surface area contributed by atoms with E-state index in [0.29, 0.717) is 53.0 Å². The largest absolute Gasteiger partial charge is 0.420 e. The van der Waals surface area contributed by atoms with Crippen LogP contribution in [0.4, 0.5) is 30.8 Å². The average Bonchev–Trinajstić information content (AvgIpc) is 3.71. The van der Waals surface area contributed by atoms with Crippen LogP contribution < -0.4 is 15.5 Å². The number of carbonyl (C=O) groups excluding carboxylic acids is 1. The first-order valence-corrected chi connectivity index (χ1v) is 15.8. The summed E-state index contributed by atoms with van der Waals surface area (Å²) in [7, 11) is 0. The Morgan fingerprint density at radius 2 is 1.98 bits per heavy atom. The Hall–Kier alpha value is -3.01. The number of alkyl halides is 3. The minimum atomic E-state index is -4.67. The van der Waals surface area contributed by atoms with Crippen molar-refractivity contribution >= 4 is 46.6 Å². The maximum Gasteiger partial charge on any atom is 0.420 e. The molecule has 3 aromatic heterocycles. The van der Waals surface area contributed by atoms with Gasteiger partial charge in [0.1, 0.15) is 10.4 Å². The fourth-order valence-corrected chi connectivity index (χ4v) is 7.68. The number of nitrogens with one attached hydrogen (secondary N) is 2. The van der Waals surface area contributed by atoms with E-state index in [9.17, 15) is 18.0 Å². The molecule has 3 fully saturated rings. The number of halogens is 3. The fourth-order valence-electron chi connectivity index (χ4n) is 5.36. The van der Waals surface area contributed by atoms with Crippen LogP contribution in [0.15, 0.2) is 23.4 Å². The van der Waals surface area contributed by atoms with Crippen LogP contribution in [0.2, 0.25) is 0 Å². The summed E-state index contributed by atoms with van der Waals surface area (Å²) in [5, 5.41) is 6.51. The van der Waals surface area contributed by atoms with Crippen LogP contribution in [-0.4, -0.2) is 88.0 Å². The third kappa shape index (κ3) is 5.42. The zero-order chi connectivity index (χ0) is 29.0. The van der Waals surface area contributed by atoms with Gasteiger partial charge < -0.3 is 25.2 Å². The first-order valence-electron chi connectivity index (χ1n) is 14.0. The second kappa shape index (κ2) is 10.9. The minimum absolute atomic E-state index is 0.000518. The number of nitrogens with zero attached hydrogens (tertiary/aromatic N) is 6. The summed E-state index contributed by atoms with van der Waals surface area (Å²) in [4.78, 5) is 36.5. The monoisotopic (exact) mass is 618 g/mol. The van der Waals surface area contributed by atoms with Gasteiger partial charge in [-0.2, -0.15) is 13.2 Å². The van der Waals surface area contributed by atoms with Crippen molar-refractivity contribution in [3.63, 3.8) is 0 Å². The third-order valence-corrected chi connectivity index (χ3v) is 10.1. The normalized spacial score (nSPS) is 21.6. The smallest absolute Gasteiger partial charge is 0.377 e. The second-order valence-corrected chi connectivity index (χ2v) is 13.2. The van der Waals surface area contributed by atoms with Crippen LogP contribution in [0.25, 0.3) is 10.6 Å². The van der Waals surface area contributed by atoms with Crippen LogP contribution in [0.5, 0.6) is 0 Å². The average molecular weight is 619 g/mol. The van der Waals surface area contributed by atoms with Gasteiger partial charge in [0.25, 0.3) is 5.91 Å². The van der Waals surface area contributed by atoms with Gasteiger partial charge in [-0.15, -0.1) is 23.1 Å². The van der Waals surface area contributed by atoms with Gasteiger partial charge in [-0.1, -0.05) is 0 Å². The number of carbonyl (C=O) groups is 1. The second-order valence-electron chi connectivity index (χ2n) is 11.0. The number of piperazine rings is 1. The lowest BCUT2D eigenvalue weighted by Crippen LogP contribution is -2.52. The van der Waals surface area contributed by atoms with Gasteiger partial charge in [-0.3, -0.25) is 4.79 Å². The molecule has 0 radical (unpaired) electrons. The van der Waals surface area contributed by atoms with Crippen LogP contribution in [0, 0.1) is 0 Å². The van der Waals surface area contributed by atoms with E-state index in [4.69, 9.17) is 9.72 Å². The number of ether oxygens (including phenoxy) is 1. The van der Waals surface area contributed by atoms with Crippen molar-refractivity contribution in [3.8, 4) is 10.6 Å². The Morgan fingerprint density at radius 3 is 2.69 bits per heavy atom. The van der Waals surface area contributed by atoms with Gasteiger partial charge in [-0.25, -0.2) is 19.9 Å². The number of anilines is 3. The molecule has 0 aromatic carbocycles. The zero-order valence-corrected chi connectivity index (χ0v) is 24.4. The van der Waals surface area contributed by atoms with Crippen LogP contribution in [-0.2, 0) is 10.9 Å². The summed E-state index contributed by atoms with van der Waals surface area (Å²) < 4.78 is 47.7. The lowest BCUT2D eigenvalue weighted by atomic mass is 10.2. The van der Waals surface area contributed by atoms with E-state index in [-0.39, 0.29) is 34.4 Å². The molecule has 0 spiro atoms. The molecule has 2 N–H and O–H groups in total. The van der Waals surface area contributed by atoms with Gasteiger partial charge in [0, 0.05) is 55.0 Å². The predicted octanol–water partition coefficient (Wildman–Crippen LogP) is 4.38. The number of hydrogen-bond donors (Lipinski definition) is 2. The zero-order valence-electron chi connectivity index (χ0n) is 22.8. The molecule has 4 aliphatic rings. The minimum Gasteiger partial charge on any atom is -0.377 e. The SMILES string of the molecule is CC1CN(c2ncc(Nc3ncc(C(F)(F)F)c(-c4cc5c(s4)C(=O)N(C4COC4)CCS5)n3)c(C3CC3)n2)CCN1. The summed E-state index contributed by atoms with van der Waals surface area (Å²) in [6, 6.07) is 1.96. The van der Waals surface area contributed by atoms with Crippen molar-refractivity contribution in [2.75, 3.05) is 55.4 Å².